The summed E-state index contributed by atoms with van der Waals surface area (Å²) in [6, 6.07) is 12.7. The van der Waals surface area contributed by atoms with Gasteiger partial charge in [-0.05, 0) is 53.8 Å². The molecule has 27 heavy (non-hydrogen) atoms. The van der Waals surface area contributed by atoms with Gasteiger partial charge < -0.3 is 5.32 Å². The molecule has 0 atom stereocenters. The minimum atomic E-state index is -3.60. The van der Waals surface area contributed by atoms with E-state index in [1.807, 2.05) is 31.2 Å². The van der Waals surface area contributed by atoms with Gasteiger partial charge in [0.15, 0.2) is 0 Å². The molecule has 0 saturated carbocycles. The molecule has 2 aromatic rings. The molecule has 1 amide bonds. The number of sulfonamides is 1. The zero-order valence-electron chi connectivity index (χ0n) is 16.2. The summed E-state index contributed by atoms with van der Waals surface area (Å²) in [6.07, 6.45) is 1.10. The van der Waals surface area contributed by atoms with Gasteiger partial charge in [0.1, 0.15) is 6.54 Å². The van der Waals surface area contributed by atoms with Crippen LogP contribution in [0.1, 0.15) is 31.9 Å². The molecule has 0 aliphatic heterocycles. The molecule has 0 aliphatic rings. The average Bonchev–Trinajstić information content (AvgIpc) is 2.54. The lowest BCUT2D eigenvalue weighted by atomic mass is 9.87. The molecule has 0 radical (unpaired) electrons. The molecule has 0 saturated heterocycles. The van der Waals surface area contributed by atoms with Crippen LogP contribution in [0.2, 0.25) is 0 Å². The molecule has 0 heterocycles. The largest absolute Gasteiger partial charge is 0.325 e. The monoisotopic (exact) mass is 452 g/mol. The van der Waals surface area contributed by atoms with Crippen molar-refractivity contribution in [2.24, 2.45) is 0 Å². The van der Waals surface area contributed by atoms with Crippen molar-refractivity contribution < 1.29 is 13.2 Å². The molecule has 0 unspecified atom stereocenters. The van der Waals surface area contributed by atoms with Crippen LogP contribution in [0, 0.1) is 6.92 Å². The maximum atomic E-state index is 12.4. The number of rotatable bonds is 5. The highest BCUT2D eigenvalue weighted by atomic mass is 79.9. The lowest BCUT2D eigenvalue weighted by Gasteiger charge is -2.24. The first-order valence-corrected chi connectivity index (χ1v) is 11.2. The lowest BCUT2D eigenvalue weighted by molar-refractivity contribution is -0.114. The van der Waals surface area contributed by atoms with E-state index in [2.05, 4.69) is 42.0 Å². The highest BCUT2D eigenvalue weighted by molar-refractivity contribution is 9.10. The standard InChI is InChI=1S/C20H25BrN2O3S/c1-14-12-16(8-11-18(14)21)22-19(24)13-23(27(5,25)26)17-9-6-15(7-10-17)20(2,3)4/h6-12H,13H2,1-5H3,(H,22,24). The Kier molecular flexibility index (Phi) is 6.37. The van der Waals surface area contributed by atoms with E-state index >= 15 is 0 Å². The van der Waals surface area contributed by atoms with Crippen LogP contribution in [0.15, 0.2) is 46.9 Å². The van der Waals surface area contributed by atoms with Crippen molar-refractivity contribution >= 4 is 43.2 Å². The number of halogens is 1. The van der Waals surface area contributed by atoms with E-state index in [1.165, 1.54) is 0 Å². The van der Waals surface area contributed by atoms with Gasteiger partial charge in [0.05, 0.1) is 11.9 Å². The van der Waals surface area contributed by atoms with Crippen molar-refractivity contribution in [3.8, 4) is 0 Å². The highest BCUT2D eigenvalue weighted by Gasteiger charge is 2.22. The van der Waals surface area contributed by atoms with Gasteiger partial charge in [-0.3, -0.25) is 9.10 Å². The fourth-order valence-corrected chi connectivity index (χ4v) is 3.68. The molecule has 2 aromatic carbocycles. The van der Waals surface area contributed by atoms with Gasteiger partial charge in [-0.1, -0.05) is 48.8 Å². The molecule has 7 heteroatoms. The molecule has 0 spiro atoms. The van der Waals surface area contributed by atoms with Gasteiger partial charge in [0.2, 0.25) is 15.9 Å². The second kappa shape index (κ2) is 8.02. The van der Waals surface area contributed by atoms with Crippen LogP contribution in [0.5, 0.6) is 0 Å². The number of anilines is 2. The minimum Gasteiger partial charge on any atom is -0.325 e. The Morgan fingerprint density at radius 3 is 2.19 bits per heavy atom. The minimum absolute atomic E-state index is 0.0364. The van der Waals surface area contributed by atoms with Crippen molar-refractivity contribution in [1.29, 1.82) is 0 Å². The second-order valence-corrected chi connectivity index (χ2v) is 10.3. The van der Waals surface area contributed by atoms with E-state index in [4.69, 9.17) is 0 Å². The Morgan fingerprint density at radius 1 is 1.11 bits per heavy atom. The molecule has 0 fully saturated rings. The molecule has 5 nitrogen and oxygen atoms in total. The molecule has 1 N–H and O–H groups in total. The van der Waals surface area contributed by atoms with Crippen LogP contribution in [-0.2, 0) is 20.2 Å². The van der Waals surface area contributed by atoms with Crippen LogP contribution >= 0.6 is 15.9 Å². The normalized spacial score (nSPS) is 11.9. The summed E-state index contributed by atoms with van der Waals surface area (Å²) in [4.78, 5) is 12.4. The third-order valence-electron chi connectivity index (χ3n) is 4.15. The van der Waals surface area contributed by atoms with Crippen molar-refractivity contribution in [2.45, 2.75) is 33.1 Å². The van der Waals surface area contributed by atoms with Crippen LogP contribution < -0.4 is 9.62 Å². The topological polar surface area (TPSA) is 66.5 Å². The van der Waals surface area contributed by atoms with Gasteiger partial charge in [-0.15, -0.1) is 0 Å². The highest BCUT2D eigenvalue weighted by Crippen LogP contribution is 2.26. The Balaban J connectivity index is 2.22. The molecule has 0 aromatic heterocycles. The van der Waals surface area contributed by atoms with Gasteiger partial charge >= 0.3 is 0 Å². The van der Waals surface area contributed by atoms with Gasteiger partial charge in [-0.25, -0.2) is 8.42 Å². The third-order valence-corrected chi connectivity index (χ3v) is 6.18. The summed E-state index contributed by atoms with van der Waals surface area (Å²) in [5.41, 5.74) is 3.12. The first-order chi connectivity index (χ1) is 12.4. The number of carbonyl (C=O) groups excluding carboxylic acids is 1. The van der Waals surface area contributed by atoms with Gasteiger partial charge in [0.25, 0.3) is 0 Å². The van der Waals surface area contributed by atoms with Crippen LogP contribution in [-0.4, -0.2) is 27.1 Å². The third kappa shape index (κ3) is 5.81. The Labute approximate surface area is 170 Å². The molecule has 0 bridgehead atoms. The lowest BCUT2D eigenvalue weighted by Crippen LogP contribution is -2.37. The fraction of sp³-hybridized carbons (Fsp3) is 0.350. The van der Waals surface area contributed by atoms with Crippen molar-refractivity contribution in [3.63, 3.8) is 0 Å². The summed E-state index contributed by atoms with van der Waals surface area (Å²) in [5.74, 6) is -0.401. The molecule has 2 rings (SSSR count). The van der Waals surface area contributed by atoms with Gasteiger partial charge in [0, 0.05) is 10.2 Å². The summed E-state index contributed by atoms with van der Waals surface area (Å²) in [7, 11) is -3.60. The average molecular weight is 453 g/mol. The van der Waals surface area contributed by atoms with E-state index < -0.39 is 15.9 Å². The SMILES string of the molecule is Cc1cc(NC(=O)CN(c2ccc(C(C)(C)C)cc2)S(C)(=O)=O)ccc1Br. The Morgan fingerprint density at radius 2 is 1.70 bits per heavy atom. The van der Waals surface area contributed by atoms with E-state index in [1.54, 1.807) is 18.2 Å². The van der Waals surface area contributed by atoms with E-state index in [9.17, 15) is 13.2 Å². The van der Waals surface area contributed by atoms with E-state index in [0.29, 0.717) is 11.4 Å². The van der Waals surface area contributed by atoms with Crippen LogP contribution in [0.25, 0.3) is 0 Å². The predicted octanol–water partition coefficient (Wildman–Crippen LogP) is 4.46. The van der Waals surface area contributed by atoms with Crippen molar-refractivity contribution in [3.05, 3.63) is 58.1 Å². The number of hydrogen-bond acceptors (Lipinski definition) is 3. The smallest absolute Gasteiger partial charge is 0.245 e. The maximum Gasteiger partial charge on any atom is 0.245 e. The Bertz CT molecular complexity index is 933. The maximum absolute atomic E-state index is 12.4. The molecule has 146 valence electrons. The van der Waals surface area contributed by atoms with Crippen LogP contribution in [0.3, 0.4) is 0 Å². The number of benzene rings is 2. The first kappa shape index (κ1) is 21.4. The van der Waals surface area contributed by atoms with E-state index in [-0.39, 0.29) is 12.0 Å². The zero-order chi connectivity index (χ0) is 20.4. The number of nitrogens with zero attached hydrogens (tertiary/aromatic N) is 1. The number of amides is 1. The molecular weight excluding hydrogens is 428 g/mol. The van der Waals surface area contributed by atoms with E-state index in [0.717, 1.165) is 26.2 Å². The number of aryl methyl sites for hydroxylation is 1. The summed E-state index contributed by atoms with van der Waals surface area (Å²) >= 11 is 3.41. The van der Waals surface area contributed by atoms with Crippen molar-refractivity contribution in [1.82, 2.24) is 0 Å². The number of nitrogens with one attached hydrogen (secondary N) is 1. The second-order valence-electron chi connectivity index (χ2n) is 7.58. The summed E-state index contributed by atoms with van der Waals surface area (Å²) in [5, 5.41) is 2.75. The van der Waals surface area contributed by atoms with Crippen molar-refractivity contribution in [2.75, 3.05) is 22.4 Å². The first-order valence-electron chi connectivity index (χ1n) is 8.52. The van der Waals surface area contributed by atoms with Crippen LogP contribution in [0.4, 0.5) is 11.4 Å². The summed E-state index contributed by atoms with van der Waals surface area (Å²) < 4.78 is 26.5. The quantitative estimate of drug-likeness (QED) is 0.727. The fourth-order valence-electron chi connectivity index (χ4n) is 2.58. The zero-order valence-corrected chi connectivity index (χ0v) is 18.6. The predicted molar refractivity (Wildman–Crippen MR) is 115 cm³/mol. The molecule has 0 aliphatic carbocycles. The summed E-state index contributed by atoms with van der Waals surface area (Å²) in [6.45, 7) is 7.89. The number of carbonyl (C=O) groups is 1. The molecular formula is C20H25BrN2O3S. The Hall–Kier alpha value is -1.86. The number of hydrogen-bond donors (Lipinski definition) is 1. The van der Waals surface area contributed by atoms with Gasteiger partial charge in [-0.2, -0.15) is 0 Å².